The first-order valence-electron chi connectivity index (χ1n) is 6.73. The molecule has 0 bridgehead atoms. The molecule has 1 aromatic rings. The van der Waals surface area contributed by atoms with E-state index < -0.39 is 28.0 Å². The van der Waals surface area contributed by atoms with Crippen molar-refractivity contribution in [1.29, 1.82) is 5.26 Å². The van der Waals surface area contributed by atoms with Gasteiger partial charge in [0.1, 0.15) is 6.07 Å². The molecule has 118 valence electrons. The van der Waals surface area contributed by atoms with Gasteiger partial charge in [0.25, 0.3) is 0 Å². The van der Waals surface area contributed by atoms with Gasteiger partial charge in [-0.2, -0.15) is 9.57 Å². The molecule has 2 atom stereocenters. The number of carboxylic acid groups (broad SMARTS) is 1. The van der Waals surface area contributed by atoms with Gasteiger partial charge in [0.05, 0.1) is 21.4 Å². The van der Waals surface area contributed by atoms with Crippen LogP contribution in [0.5, 0.6) is 0 Å². The van der Waals surface area contributed by atoms with E-state index in [1.54, 1.807) is 6.92 Å². The Morgan fingerprint density at radius 1 is 1.50 bits per heavy atom. The van der Waals surface area contributed by atoms with E-state index in [1.165, 1.54) is 22.5 Å². The smallest absolute Gasteiger partial charge is 0.308 e. The predicted molar refractivity (Wildman–Crippen MR) is 79.9 cm³/mol. The highest BCUT2D eigenvalue weighted by Crippen LogP contribution is 2.30. The lowest BCUT2D eigenvalue weighted by molar-refractivity contribution is -0.144. The number of benzene rings is 1. The summed E-state index contributed by atoms with van der Waals surface area (Å²) in [6.07, 6.45) is 0.936. The summed E-state index contributed by atoms with van der Waals surface area (Å²) in [6, 6.07) is 5.10. The third kappa shape index (κ3) is 2.95. The molecule has 1 saturated heterocycles. The van der Waals surface area contributed by atoms with Crippen LogP contribution in [0.3, 0.4) is 0 Å². The molecule has 1 N–H and O–H groups in total. The Hall–Kier alpha value is -1.62. The van der Waals surface area contributed by atoms with E-state index in [0.29, 0.717) is 12.8 Å². The number of hydrogen-bond donors (Lipinski definition) is 1. The molecule has 0 spiro atoms. The highest BCUT2D eigenvalue weighted by molar-refractivity contribution is 7.89. The molecule has 1 heterocycles. The van der Waals surface area contributed by atoms with Crippen LogP contribution in [0.4, 0.5) is 0 Å². The summed E-state index contributed by atoms with van der Waals surface area (Å²) < 4.78 is 26.6. The van der Waals surface area contributed by atoms with Crippen LogP contribution in [0.1, 0.15) is 25.3 Å². The number of aliphatic carboxylic acids is 1. The van der Waals surface area contributed by atoms with E-state index >= 15 is 0 Å². The maximum absolute atomic E-state index is 12.7. The molecule has 8 heteroatoms. The lowest BCUT2D eigenvalue weighted by Crippen LogP contribution is -2.48. The van der Waals surface area contributed by atoms with Crippen molar-refractivity contribution in [3.63, 3.8) is 0 Å². The molecule has 0 amide bonds. The van der Waals surface area contributed by atoms with Crippen LogP contribution in [-0.2, 0) is 14.8 Å². The van der Waals surface area contributed by atoms with Gasteiger partial charge in [-0.3, -0.25) is 4.79 Å². The lowest BCUT2D eigenvalue weighted by Gasteiger charge is -2.36. The average molecular weight is 343 g/mol. The van der Waals surface area contributed by atoms with Crippen LogP contribution >= 0.6 is 11.6 Å². The Labute approximate surface area is 134 Å². The molecule has 1 fully saturated rings. The van der Waals surface area contributed by atoms with Crippen molar-refractivity contribution < 1.29 is 18.3 Å². The lowest BCUT2D eigenvalue weighted by atomic mass is 9.92. The fraction of sp³-hybridized carbons (Fsp3) is 0.429. The fourth-order valence-electron chi connectivity index (χ4n) is 2.67. The Balaban J connectivity index is 2.42. The summed E-state index contributed by atoms with van der Waals surface area (Å²) in [4.78, 5) is 11.2. The number of rotatable bonds is 3. The monoisotopic (exact) mass is 342 g/mol. The zero-order chi connectivity index (χ0) is 16.5. The number of carboxylic acids is 1. The van der Waals surface area contributed by atoms with Crippen LogP contribution in [0.2, 0.25) is 5.02 Å². The van der Waals surface area contributed by atoms with Crippen molar-refractivity contribution in [3.8, 4) is 6.07 Å². The molecule has 6 nitrogen and oxygen atoms in total. The molecule has 0 aromatic heterocycles. The second kappa shape index (κ2) is 6.24. The standard InChI is InChI=1S/C14H15ClN2O4S/c1-9-12(14(18)19)3-2-6-17(9)22(20,21)11-4-5-13(15)10(7-11)8-16/h4-5,7,9,12H,2-3,6H2,1H3,(H,18,19)/t9-,12-/m1/s1. The molecule has 22 heavy (non-hydrogen) atoms. The number of sulfonamides is 1. The third-order valence-corrected chi connectivity index (χ3v) is 6.22. The highest BCUT2D eigenvalue weighted by Gasteiger charge is 2.39. The van der Waals surface area contributed by atoms with Crippen molar-refractivity contribution in [2.45, 2.75) is 30.7 Å². The van der Waals surface area contributed by atoms with Gasteiger partial charge in [-0.15, -0.1) is 0 Å². The normalized spacial score (nSPS) is 23.0. The molecule has 0 unspecified atom stereocenters. The number of nitriles is 1. The summed E-state index contributed by atoms with van der Waals surface area (Å²) in [6.45, 7) is 1.86. The molecule has 0 radical (unpaired) electrons. The molecule has 1 aliphatic heterocycles. The molecular weight excluding hydrogens is 328 g/mol. The second-order valence-corrected chi connectivity index (χ2v) is 7.49. The first-order valence-corrected chi connectivity index (χ1v) is 8.55. The highest BCUT2D eigenvalue weighted by atomic mass is 35.5. The summed E-state index contributed by atoms with van der Waals surface area (Å²) in [5.74, 6) is -1.73. The largest absolute Gasteiger partial charge is 0.481 e. The van der Waals surface area contributed by atoms with Gasteiger partial charge in [-0.05, 0) is 38.0 Å². The molecule has 1 aromatic carbocycles. The summed E-state index contributed by atoms with van der Waals surface area (Å²) in [7, 11) is -3.87. The molecule has 1 aliphatic rings. The number of nitrogens with zero attached hydrogens (tertiary/aromatic N) is 2. The van der Waals surface area contributed by atoms with Crippen LogP contribution in [0.15, 0.2) is 23.1 Å². The minimum absolute atomic E-state index is 0.0497. The summed E-state index contributed by atoms with van der Waals surface area (Å²) in [5.41, 5.74) is 0.0715. The zero-order valence-electron chi connectivity index (χ0n) is 11.9. The van der Waals surface area contributed by atoms with Crippen molar-refractivity contribution in [2.24, 2.45) is 5.92 Å². The maximum atomic E-state index is 12.7. The average Bonchev–Trinajstić information content (AvgIpc) is 2.47. The SMILES string of the molecule is C[C@@H]1[C@H](C(=O)O)CCCN1S(=O)(=O)c1ccc(Cl)c(C#N)c1. The Bertz CT molecular complexity index is 742. The predicted octanol–water partition coefficient (Wildman–Crippen LogP) is 2.09. The van der Waals surface area contributed by atoms with Gasteiger partial charge >= 0.3 is 5.97 Å². The topological polar surface area (TPSA) is 98.5 Å². The number of halogens is 1. The number of piperidine rings is 1. The molecule has 0 saturated carbocycles. The van der Waals surface area contributed by atoms with Gasteiger partial charge in [0.2, 0.25) is 10.0 Å². The van der Waals surface area contributed by atoms with Gasteiger partial charge in [0.15, 0.2) is 0 Å². The maximum Gasteiger partial charge on any atom is 0.308 e. The van der Waals surface area contributed by atoms with Crippen LogP contribution < -0.4 is 0 Å². The van der Waals surface area contributed by atoms with E-state index in [4.69, 9.17) is 16.9 Å². The summed E-state index contributed by atoms with van der Waals surface area (Å²) in [5, 5.41) is 18.3. The molecule has 0 aliphatic carbocycles. The third-order valence-electron chi connectivity index (χ3n) is 3.91. The summed E-state index contributed by atoms with van der Waals surface area (Å²) >= 11 is 5.82. The Kier molecular flexibility index (Phi) is 4.75. The number of carbonyl (C=O) groups is 1. The Morgan fingerprint density at radius 3 is 2.77 bits per heavy atom. The van der Waals surface area contributed by atoms with E-state index in [9.17, 15) is 18.3 Å². The van der Waals surface area contributed by atoms with E-state index in [-0.39, 0.29) is 22.0 Å². The van der Waals surface area contributed by atoms with Crippen molar-refractivity contribution in [1.82, 2.24) is 4.31 Å². The van der Waals surface area contributed by atoms with Crippen LogP contribution in [0, 0.1) is 17.2 Å². The zero-order valence-corrected chi connectivity index (χ0v) is 13.4. The van der Waals surface area contributed by atoms with Gasteiger partial charge in [-0.1, -0.05) is 11.6 Å². The van der Waals surface area contributed by atoms with Gasteiger partial charge < -0.3 is 5.11 Å². The first kappa shape index (κ1) is 16.7. The van der Waals surface area contributed by atoms with Crippen molar-refractivity contribution in [3.05, 3.63) is 28.8 Å². The van der Waals surface area contributed by atoms with Crippen molar-refractivity contribution in [2.75, 3.05) is 6.54 Å². The fourth-order valence-corrected chi connectivity index (χ4v) is 4.56. The van der Waals surface area contributed by atoms with E-state index in [0.717, 1.165) is 0 Å². The van der Waals surface area contributed by atoms with E-state index in [2.05, 4.69) is 0 Å². The van der Waals surface area contributed by atoms with Gasteiger partial charge in [0, 0.05) is 12.6 Å². The first-order chi connectivity index (χ1) is 10.3. The van der Waals surface area contributed by atoms with Crippen LogP contribution in [-0.4, -0.2) is 36.4 Å². The van der Waals surface area contributed by atoms with Crippen molar-refractivity contribution >= 4 is 27.6 Å². The molecular formula is C14H15ClN2O4S. The minimum atomic E-state index is -3.87. The van der Waals surface area contributed by atoms with Crippen LogP contribution in [0.25, 0.3) is 0 Å². The quantitative estimate of drug-likeness (QED) is 0.906. The number of hydrogen-bond acceptors (Lipinski definition) is 4. The minimum Gasteiger partial charge on any atom is -0.481 e. The Morgan fingerprint density at radius 2 is 2.18 bits per heavy atom. The second-order valence-electron chi connectivity index (χ2n) is 5.20. The van der Waals surface area contributed by atoms with Gasteiger partial charge in [-0.25, -0.2) is 8.42 Å². The van der Waals surface area contributed by atoms with E-state index in [1.807, 2.05) is 6.07 Å². The molecule has 2 rings (SSSR count).